The molecule has 0 radical (unpaired) electrons. The minimum atomic E-state index is -0.735. The van der Waals surface area contributed by atoms with Crippen molar-refractivity contribution in [2.24, 2.45) is 4.99 Å². The number of hydrogen-bond acceptors (Lipinski definition) is 7. The second-order valence-electron chi connectivity index (χ2n) is 8.29. The summed E-state index contributed by atoms with van der Waals surface area (Å²) in [4.78, 5) is 32.0. The SMILES string of the molecule is CCCOc1ccc(Cl)cc1C=c1sc2n(c1=O)C(c1ccc(Cl)cc1)C(C(=O)OCCOC)=C(C)N=2. The molecule has 4 rings (SSSR count). The third-order valence-corrected chi connectivity index (χ3v) is 7.14. The summed E-state index contributed by atoms with van der Waals surface area (Å²) in [5.74, 6) is 0.0718. The molecular formula is C27H26Cl2N2O5S. The maximum absolute atomic E-state index is 13.8. The largest absolute Gasteiger partial charge is 0.493 e. The van der Waals surface area contributed by atoms with Gasteiger partial charge in [0.1, 0.15) is 12.4 Å². The first-order valence-corrected chi connectivity index (χ1v) is 13.3. The molecule has 1 aromatic heterocycles. The molecule has 0 aliphatic carbocycles. The summed E-state index contributed by atoms with van der Waals surface area (Å²) in [6, 6.07) is 11.6. The molecule has 194 valence electrons. The Labute approximate surface area is 228 Å². The van der Waals surface area contributed by atoms with E-state index in [1.807, 2.05) is 6.92 Å². The van der Waals surface area contributed by atoms with E-state index in [2.05, 4.69) is 4.99 Å². The van der Waals surface area contributed by atoms with Crippen LogP contribution in [0.4, 0.5) is 0 Å². The molecule has 1 atom stereocenters. The van der Waals surface area contributed by atoms with E-state index in [9.17, 15) is 9.59 Å². The summed E-state index contributed by atoms with van der Waals surface area (Å²) < 4.78 is 18.3. The Bertz CT molecular complexity index is 1510. The van der Waals surface area contributed by atoms with Crippen LogP contribution < -0.4 is 19.6 Å². The fraction of sp³-hybridized carbons (Fsp3) is 0.296. The van der Waals surface area contributed by atoms with Crippen LogP contribution in [0, 0.1) is 0 Å². The van der Waals surface area contributed by atoms with Crippen LogP contribution in [0.1, 0.15) is 37.4 Å². The van der Waals surface area contributed by atoms with Crippen molar-refractivity contribution in [3.8, 4) is 5.75 Å². The van der Waals surface area contributed by atoms with Crippen LogP contribution in [0.25, 0.3) is 6.08 Å². The quantitative estimate of drug-likeness (QED) is 0.284. The van der Waals surface area contributed by atoms with Gasteiger partial charge in [0.15, 0.2) is 4.80 Å². The Morgan fingerprint density at radius 3 is 2.54 bits per heavy atom. The first-order chi connectivity index (χ1) is 17.8. The van der Waals surface area contributed by atoms with Crippen LogP contribution >= 0.6 is 34.5 Å². The van der Waals surface area contributed by atoms with Gasteiger partial charge in [-0.15, -0.1) is 0 Å². The van der Waals surface area contributed by atoms with Gasteiger partial charge in [-0.3, -0.25) is 9.36 Å². The van der Waals surface area contributed by atoms with Gasteiger partial charge in [0, 0.05) is 22.7 Å². The fourth-order valence-electron chi connectivity index (χ4n) is 3.96. The highest BCUT2D eigenvalue weighted by Crippen LogP contribution is 2.31. The van der Waals surface area contributed by atoms with Crippen molar-refractivity contribution in [1.82, 2.24) is 4.57 Å². The van der Waals surface area contributed by atoms with Gasteiger partial charge in [-0.05, 0) is 55.3 Å². The lowest BCUT2D eigenvalue weighted by Crippen LogP contribution is -2.40. The number of benzene rings is 2. The molecule has 2 heterocycles. The summed E-state index contributed by atoms with van der Waals surface area (Å²) in [7, 11) is 1.53. The predicted molar refractivity (Wildman–Crippen MR) is 145 cm³/mol. The molecule has 37 heavy (non-hydrogen) atoms. The number of halogens is 2. The van der Waals surface area contributed by atoms with Crippen molar-refractivity contribution in [1.29, 1.82) is 0 Å². The predicted octanol–water partition coefficient (Wildman–Crippen LogP) is 4.52. The molecule has 0 fully saturated rings. The summed E-state index contributed by atoms with van der Waals surface area (Å²) in [6.45, 7) is 4.63. The van der Waals surface area contributed by atoms with E-state index in [1.54, 1.807) is 55.5 Å². The lowest BCUT2D eigenvalue weighted by atomic mass is 9.96. The molecule has 0 saturated carbocycles. The molecule has 0 bridgehead atoms. The monoisotopic (exact) mass is 560 g/mol. The van der Waals surface area contributed by atoms with Crippen LogP contribution in [0.2, 0.25) is 10.0 Å². The van der Waals surface area contributed by atoms with E-state index in [4.69, 9.17) is 37.4 Å². The Kier molecular flexibility index (Phi) is 8.87. The molecule has 1 unspecified atom stereocenters. The third-order valence-electron chi connectivity index (χ3n) is 5.67. The van der Waals surface area contributed by atoms with Crippen molar-refractivity contribution >= 4 is 46.6 Å². The second kappa shape index (κ2) is 12.1. The average molecular weight is 561 g/mol. The smallest absolute Gasteiger partial charge is 0.338 e. The highest BCUT2D eigenvalue weighted by molar-refractivity contribution is 7.07. The summed E-state index contributed by atoms with van der Waals surface area (Å²) in [5, 5.41) is 1.07. The zero-order valence-electron chi connectivity index (χ0n) is 20.6. The molecule has 10 heteroatoms. The van der Waals surface area contributed by atoms with Gasteiger partial charge in [-0.2, -0.15) is 0 Å². The maximum Gasteiger partial charge on any atom is 0.338 e. The normalized spacial score (nSPS) is 15.4. The highest BCUT2D eigenvalue weighted by atomic mass is 35.5. The molecule has 0 amide bonds. The summed E-state index contributed by atoms with van der Waals surface area (Å²) in [6.07, 6.45) is 2.59. The van der Waals surface area contributed by atoms with Crippen molar-refractivity contribution in [3.63, 3.8) is 0 Å². The van der Waals surface area contributed by atoms with Crippen LogP contribution in [0.3, 0.4) is 0 Å². The fourth-order valence-corrected chi connectivity index (χ4v) is 5.30. The Hall–Kier alpha value is -2.91. The number of allylic oxidation sites excluding steroid dienone is 1. The minimum Gasteiger partial charge on any atom is -0.493 e. The summed E-state index contributed by atoms with van der Waals surface area (Å²) >= 11 is 13.6. The Balaban J connectivity index is 1.88. The van der Waals surface area contributed by atoms with E-state index >= 15 is 0 Å². The van der Waals surface area contributed by atoms with Gasteiger partial charge in [0.2, 0.25) is 0 Å². The lowest BCUT2D eigenvalue weighted by molar-refractivity contribution is -0.140. The van der Waals surface area contributed by atoms with Crippen LogP contribution in [-0.4, -0.2) is 37.5 Å². The first-order valence-electron chi connectivity index (χ1n) is 11.7. The van der Waals surface area contributed by atoms with E-state index in [-0.39, 0.29) is 24.3 Å². The molecular weight excluding hydrogens is 535 g/mol. The number of ether oxygens (including phenoxy) is 3. The van der Waals surface area contributed by atoms with Crippen molar-refractivity contribution in [2.75, 3.05) is 26.9 Å². The van der Waals surface area contributed by atoms with Crippen molar-refractivity contribution in [2.45, 2.75) is 26.3 Å². The molecule has 0 N–H and O–H groups in total. The standard InChI is InChI=1S/C27H26Cl2N2O5S/c1-4-11-35-21-10-9-20(29)14-18(21)15-22-25(32)31-24(17-5-7-19(28)8-6-17)23(16(2)30-27(31)37-22)26(33)36-13-12-34-3/h5-10,14-15,24H,4,11-13H2,1-3H3. The van der Waals surface area contributed by atoms with Gasteiger partial charge in [-0.25, -0.2) is 9.79 Å². The number of hydrogen-bond donors (Lipinski definition) is 0. The van der Waals surface area contributed by atoms with E-state index < -0.39 is 12.0 Å². The number of carbonyl (C=O) groups is 1. The number of thiazole rings is 1. The molecule has 1 aliphatic heterocycles. The zero-order valence-corrected chi connectivity index (χ0v) is 23.0. The average Bonchev–Trinajstić information content (AvgIpc) is 3.17. The van der Waals surface area contributed by atoms with Crippen molar-refractivity contribution in [3.05, 3.63) is 94.6 Å². The molecule has 3 aromatic rings. The number of nitrogens with zero attached hydrogens (tertiary/aromatic N) is 2. The second-order valence-corrected chi connectivity index (χ2v) is 10.2. The number of fused-ring (bicyclic) bond motifs is 1. The highest BCUT2D eigenvalue weighted by Gasteiger charge is 2.33. The molecule has 0 saturated heterocycles. The van der Waals surface area contributed by atoms with E-state index in [0.717, 1.165) is 6.42 Å². The number of aromatic nitrogens is 1. The van der Waals surface area contributed by atoms with E-state index in [0.29, 0.717) is 48.6 Å². The number of esters is 1. The van der Waals surface area contributed by atoms with Crippen LogP contribution in [0.15, 0.2) is 63.5 Å². The summed E-state index contributed by atoms with van der Waals surface area (Å²) in [5.41, 5.74) is 1.86. The van der Waals surface area contributed by atoms with E-state index in [1.165, 1.54) is 23.0 Å². The van der Waals surface area contributed by atoms with Gasteiger partial charge < -0.3 is 14.2 Å². The van der Waals surface area contributed by atoms with Crippen LogP contribution in [0.5, 0.6) is 5.75 Å². The zero-order chi connectivity index (χ0) is 26.5. The van der Waals surface area contributed by atoms with Crippen LogP contribution in [-0.2, 0) is 14.3 Å². The van der Waals surface area contributed by atoms with Gasteiger partial charge >= 0.3 is 5.97 Å². The molecule has 2 aromatic carbocycles. The lowest BCUT2D eigenvalue weighted by Gasteiger charge is -2.24. The minimum absolute atomic E-state index is 0.0825. The molecule has 0 spiro atoms. The maximum atomic E-state index is 13.8. The molecule has 7 nitrogen and oxygen atoms in total. The topological polar surface area (TPSA) is 79.1 Å². The Morgan fingerprint density at radius 1 is 1.11 bits per heavy atom. The van der Waals surface area contributed by atoms with Gasteiger partial charge in [0.05, 0.1) is 35.1 Å². The van der Waals surface area contributed by atoms with Crippen molar-refractivity contribution < 1.29 is 19.0 Å². The Morgan fingerprint density at radius 2 is 1.84 bits per heavy atom. The number of methoxy groups -OCH3 is 1. The first kappa shape index (κ1) is 27.1. The molecule has 1 aliphatic rings. The number of carbonyl (C=O) groups excluding carboxylic acids is 1. The van der Waals surface area contributed by atoms with Gasteiger partial charge in [0.25, 0.3) is 5.56 Å². The number of rotatable bonds is 9. The third kappa shape index (κ3) is 5.99. The van der Waals surface area contributed by atoms with Gasteiger partial charge in [-0.1, -0.05) is 53.6 Å².